The van der Waals surface area contributed by atoms with Gasteiger partial charge in [0.2, 0.25) is 5.69 Å². The molecule has 0 saturated carbocycles. The first-order valence-electron chi connectivity index (χ1n) is 8.53. The summed E-state index contributed by atoms with van der Waals surface area (Å²) >= 11 is 0. The van der Waals surface area contributed by atoms with E-state index >= 15 is 0 Å². The first-order chi connectivity index (χ1) is 10.4. The lowest BCUT2D eigenvalue weighted by atomic mass is 9.93. The van der Waals surface area contributed by atoms with Crippen molar-refractivity contribution in [2.24, 2.45) is 7.05 Å². The van der Waals surface area contributed by atoms with Gasteiger partial charge in [-0.15, -0.1) is 0 Å². The number of fused-ring (bicyclic) bond motifs is 1. The number of aromatic nitrogens is 1. The maximum atomic E-state index is 2.46. The van der Waals surface area contributed by atoms with Gasteiger partial charge >= 0.3 is 0 Å². The molecule has 3 rings (SSSR count). The fraction of sp³-hybridized carbons (Fsp3) is 0.476. The van der Waals surface area contributed by atoms with Crippen molar-refractivity contribution in [3.63, 3.8) is 0 Å². The summed E-state index contributed by atoms with van der Waals surface area (Å²) in [7, 11) is 2.15. The Hall–Kier alpha value is -1.63. The fourth-order valence-corrected chi connectivity index (χ4v) is 3.87. The van der Waals surface area contributed by atoms with Crippen molar-refractivity contribution >= 4 is 0 Å². The summed E-state index contributed by atoms with van der Waals surface area (Å²) in [5.74, 6) is 1.95. The van der Waals surface area contributed by atoms with Crippen LogP contribution in [-0.4, -0.2) is 0 Å². The Kier molecular flexibility index (Phi) is 3.84. The standard InChI is InChI=1S/C21H28N/c1-13(2)17-7-8-22(6)21(11-17)20-12-19-15(4)9-14(3)18(19)10-16(20)5/h7-8,10-15H,9H2,1-6H3/q+1. The molecule has 1 aliphatic rings. The van der Waals surface area contributed by atoms with Gasteiger partial charge < -0.3 is 0 Å². The van der Waals surface area contributed by atoms with Crippen LogP contribution in [0.2, 0.25) is 0 Å². The SMILES string of the molecule is Cc1cc2c(cc1-c1cc(C(C)C)cc[n+]1C)C(C)CC2C. The maximum absolute atomic E-state index is 2.46. The van der Waals surface area contributed by atoms with E-state index in [1.807, 2.05) is 0 Å². The third-order valence-electron chi connectivity index (χ3n) is 5.32. The number of pyridine rings is 1. The van der Waals surface area contributed by atoms with Crippen LogP contribution in [0.3, 0.4) is 0 Å². The van der Waals surface area contributed by atoms with Crippen LogP contribution >= 0.6 is 0 Å². The third-order valence-corrected chi connectivity index (χ3v) is 5.32. The zero-order chi connectivity index (χ0) is 16.0. The van der Waals surface area contributed by atoms with Gasteiger partial charge in [-0.3, -0.25) is 0 Å². The van der Waals surface area contributed by atoms with Crippen LogP contribution in [0, 0.1) is 6.92 Å². The minimum Gasteiger partial charge on any atom is -0.201 e. The average Bonchev–Trinajstić information content (AvgIpc) is 2.73. The molecule has 1 nitrogen and oxygen atoms in total. The van der Waals surface area contributed by atoms with E-state index < -0.39 is 0 Å². The van der Waals surface area contributed by atoms with Gasteiger partial charge in [-0.1, -0.05) is 33.8 Å². The third kappa shape index (κ3) is 2.47. The molecular formula is C21H28N+. The molecule has 0 spiro atoms. The molecule has 22 heavy (non-hydrogen) atoms. The summed E-state index contributed by atoms with van der Waals surface area (Å²) in [4.78, 5) is 0. The minimum atomic E-state index is 0.564. The molecule has 2 unspecified atom stereocenters. The van der Waals surface area contributed by atoms with Gasteiger partial charge in [0.25, 0.3) is 0 Å². The summed E-state index contributed by atoms with van der Waals surface area (Å²) in [6.07, 6.45) is 3.49. The van der Waals surface area contributed by atoms with Gasteiger partial charge in [0.1, 0.15) is 7.05 Å². The summed E-state index contributed by atoms with van der Waals surface area (Å²) in [5, 5.41) is 0. The van der Waals surface area contributed by atoms with Crippen LogP contribution in [0.5, 0.6) is 0 Å². The largest absolute Gasteiger partial charge is 0.212 e. The lowest BCUT2D eigenvalue weighted by Crippen LogP contribution is -2.31. The first-order valence-corrected chi connectivity index (χ1v) is 8.53. The summed E-state index contributed by atoms with van der Waals surface area (Å²) in [5.41, 5.74) is 8.66. The molecule has 0 fully saturated rings. The Bertz CT molecular complexity index is 712. The Morgan fingerprint density at radius 2 is 1.68 bits per heavy atom. The average molecular weight is 294 g/mol. The van der Waals surface area contributed by atoms with Crippen LogP contribution < -0.4 is 4.57 Å². The highest BCUT2D eigenvalue weighted by Gasteiger charge is 2.27. The molecule has 1 aromatic heterocycles. The topological polar surface area (TPSA) is 3.88 Å². The normalized spacial score (nSPS) is 20.5. The molecule has 1 heteroatoms. The highest BCUT2D eigenvalue weighted by molar-refractivity contribution is 5.65. The van der Waals surface area contributed by atoms with E-state index in [4.69, 9.17) is 0 Å². The Morgan fingerprint density at radius 3 is 2.32 bits per heavy atom. The van der Waals surface area contributed by atoms with E-state index in [2.05, 4.69) is 76.7 Å². The van der Waals surface area contributed by atoms with E-state index in [1.54, 1.807) is 11.1 Å². The van der Waals surface area contributed by atoms with E-state index in [-0.39, 0.29) is 0 Å². The van der Waals surface area contributed by atoms with Crippen molar-refractivity contribution in [2.45, 2.75) is 58.8 Å². The number of hydrogen-bond acceptors (Lipinski definition) is 0. The number of rotatable bonds is 2. The maximum Gasteiger partial charge on any atom is 0.212 e. The van der Waals surface area contributed by atoms with E-state index in [0.29, 0.717) is 17.8 Å². The van der Waals surface area contributed by atoms with Gasteiger partial charge in [-0.2, -0.15) is 0 Å². The molecule has 2 atom stereocenters. The molecule has 2 aromatic rings. The zero-order valence-electron chi connectivity index (χ0n) is 14.8. The van der Waals surface area contributed by atoms with E-state index in [0.717, 1.165) is 0 Å². The Balaban J connectivity index is 2.17. The Morgan fingerprint density at radius 1 is 1.05 bits per heavy atom. The molecule has 0 bridgehead atoms. The van der Waals surface area contributed by atoms with E-state index in [9.17, 15) is 0 Å². The highest BCUT2D eigenvalue weighted by Crippen LogP contribution is 2.43. The Labute approximate surface area is 135 Å². The van der Waals surface area contributed by atoms with Crippen molar-refractivity contribution in [1.29, 1.82) is 0 Å². The van der Waals surface area contributed by atoms with Crippen molar-refractivity contribution < 1.29 is 4.57 Å². The van der Waals surface area contributed by atoms with Gasteiger partial charge in [0.15, 0.2) is 6.20 Å². The van der Waals surface area contributed by atoms with Gasteiger partial charge in [-0.25, -0.2) is 4.57 Å². The molecule has 0 saturated heterocycles. The number of aryl methyl sites for hydroxylation is 2. The van der Waals surface area contributed by atoms with Gasteiger partial charge in [0.05, 0.1) is 0 Å². The van der Waals surface area contributed by atoms with Crippen LogP contribution in [0.1, 0.15) is 74.1 Å². The predicted octanol–water partition coefficient (Wildman–Crippen LogP) is 5.22. The smallest absolute Gasteiger partial charge is 0.201 e. The quantitative estimate of drug-likeness (QED) is 0.668. The number of benzene rings is 1. The van der Waals surface area contributed by atoms with E-state index in [1.165, 1.54) is 28.8 Å². The molecule has 116 valence electrons. The minimum absolute atomic E-state index is 0.564. The molecule has 1 heterocycles. The van der Waals surface area contributed by atoms with Crippen LogP contribution in [0.25, 0.3) is 11.3 Å². The zero-order valence-corrected chi connectivity index (χ0v) is 14.8. The highest BCUT2D eigenvalue weighted by atomic mass is 14.9. The molecule has 0 amide bonds. The molecular weight excluding hydrogens is 266 g/mol. The summed E-state index contributed by atoms with van der Waals surface area (Å²) < 4.78 is 2.25. The molecule has 0 radical (unpaired) electrons. The molecule has 0 N–H and O–H groups in total. The first kappa shape index (κ1) is 15.3. The second-order valence-electron chi connectivity index (χ2n) is 7.44. The van der Waals surface area contributed by atoms with Gasteiger partial charge in [-0.05, 0) is 59.4 Å². The molecule has 0 aliphatic heterocycles. The lowest BCUT2D eigenvalue weighted by Gasteiger charge is -2.13. The van der Waals surface area contributed by atoms with Crippen molar-refractivity contribution in [3.8, 4) is 11.3 Å². The van der Waals surface area contributed by atoms with Crippen molar-refractivity contribution in [3.05, 3.63) is 52.7 Å². The molecule has 1 aliphatic carbocycles. The fourth-order valence-electron chi connectivity index (χ4n) is 3.87. The van der Waals surface area contributed by atoms with Crippen LogP contribution in [0.4, 0.5) is 0 Å². The number of nitrogens with zero attached hydrogens (tertiary/aromatic N) is 1. The monoisotopic (exact) mass is 294 g/mol. The second-order valence-corrected chi connectivity index (χ2v) is 7.44. The van der Waals surface area contributed by atoms with Crippen LogP contribution in [0.15, 0.2) is 30.5 Å². The lowest BCUT2D eigenvalue weighted by molar-refractivity contribution is -0.660. The predicted molar refractivity (Wildman–Crippen MR) is 93.3 cm³/mol. The summed E-state index contributed by atoms with van der Waals surface area (Å²) in [6, 6.07) is 9.49. The number of hydrogen-bond donors (Lipinski definition) is 0. The molecule has 1 aromatic carbocycles. The second kappa shape index (κ2) is 5.53. The van der Waals surface area contributed by atoms with Gasteiger partial charge in [0, 0.05) is 17.7 Å². The van der Waals surface area contributed by atoms with Crippen molar-refractivity contribution in [1.82, 2.24) is 0 Å². The van der Waals surface area contributed by atoms with Crippen LogP contribution in [-0.2, 0) is 7.05 Å². The van der Waals surface area contributed by atoms with Crippen molar-refractivity contribution in [2.75, 3.05) is 0 Å². The summed E-state index contributed by atoms with van der Waals surface area (Å²) in [6.45, 7) is 11.5.